The van der Waals surface area contributed by atoms with Crippen LogP contribution < -0.4 is 15.8 Å². The minimum Gasteiger partial charge on any atom is -0.495 e. The first-order chi connectivity index (χ1) is 11.2. The van der Waals surface area contributed by atoms with Crippen molar-refractivity contribution in [1.82, 2.24) is 4.98 Å². The molecule has 0 radical (unpaired) electrons. The molecule has 5 heteroatoms. The normalized spacial score (nSPS) is 12.1. The van der Waals surface area contributed by atoms with E-state index in [1.54, 1.807) is 19.2 Å². The van der Waals surface area contributed by atoms with Gasteiger partial charge in [-0.1, -0.05) is 30.3 Å². The number of carbonyl (C=O) groups is 1. The van der Waals surface area contributed by atoms with E-state index in [2.05, 4.69) is 10.3 Å². The van der Waals surface area contributed by atoms with Crippen molar-refractivity contribution >= 4 is 22.5 Å². The number of hydrogen-bond acceptors (Lipinski definition) is 3. The summed E-state index contributed by atoms with van der Waals surface area (Å²) in [5, 5.41) is 3.91. The molecule has 0 saturated heterocycles. The van der Waals surface area contributed by atoms with Crippen LogP contribution in [-0.2, 0) is 11.2 Å². The zero-order valence-corrected chi connectivity index (χ0v) is 12.9. The van der Waals surface area contributed by atoms with Crippen molar-refractivity contribution < 1.29 is 9.53 Å². The summed E-state index contributed by atoms with van der Waals surface area (Å²) in [4.78, 5) is 15.5. The highest BCUT2D eigenvalue weighted by atomic mass is 16.5. The van der Waals surface area contributed by atoms with E-state index in [4.69, 9.17) is 10.5 Å². The number of methoxy groups -OCH3 is 1. The maximum atomic E-state index is 12.3. The number of amides is 1. The summed E-state index contributed by atoms with van der Waals surface area (Å²) in [6.07, 6.45) is 2.37. The number of rotatable bonds is 5. The standard InChI is InChI=1S/C18H19N3O2/c1-23-17-9-5-4-8-16(17)21-18(22)14(19)10-12-11-20-15-7-3-2-6-13(12)15/h2-9,11,14,20H,10,19H2,1H3,(H,21,22)/t14-/m0/s1. The molecule has 23 heavy (non-hydrogen) atoms. The van der Waals surface area contributed by atoms with Gasteiger partial charge in [-0.2, -0.15) is 0 Å². The Morgan fingerprint density at radius 3 is 2.78 bits per heavy atom. The number of benzene rings is 2. The topological polar surface area (TPSA) is 80.1 Å². The lowest BCUT2D eigenvalue weighted by molar-refractivity contribution is -0.117. The second-order valence-electron chi connectivity index (χ2n) is 5.36. The largest absolute Gasteiger partial charge is 0.495 e. The molecule has 0 unspecified atom stereocenters. The molecular weight excluding hydrogens is 290 g/mol. The number of fused-ring (bicyclic) bond motifs is 1. The van der Waals surface area contributed by atoms with Crippen molar-refractivity contribution in [1.29, 1.82) is 0 Å². The third kappa shape index (κ3) is 3.19. The summed E-state index contributed by atoms with van der Waals surface area (Å²) in [5.41, 5.74) is 8.76. The lowest BCUT2D eigenvalue weighted by atomic mass is 10.0. The molecule has 0 aliphatic rings. The van der Waals surface area contributed by atoms with Gasteiger partial charge in [0.15, 0.2) is 0 Å². The molecule has 1 amide bonds. The zero-order valence-electron chi connectivity index (χ0n) is 12.9. The molecule has 0 spiro atoms. The van der Waals surface area contributed by atoms with Gasteiger partial charge < -0.3 is 20.8 Å². The second kappa shape index (κ2) is 6.54. The van der Waals surface area contributed by atoms with E-state index in [9.17, 15) is 4.79 Å². The molecule has 3 rings (SSSR count). The van der Waals surface area contributed by atoms with Crippen molar-refractivity contribution in [2.45, 2.75) is 12.5 Å². The maximum absolute atomic E-state index is 12.3. The minimum absolute atomic E-state index is 0.236. The molecule has 0 aliphatic heterocycles. The highest BCUT2D eigenvalue weighted by molar-refractivity contribution is 5.96. The Kier molecular flexibility index (Phi) is 4.30. The molecule has 1 aromatic heterocycles. The average Bonchev–Trinajstić information content (AvgIpc) is 2.98. The number of ether oxygens (including phenoxy) is 1. The van der Waals surface area contributed by atoms with Crippen LogP contribution >= 0.6 is 0 Å². The van der Waals surface area contributed by atoms with Crippen LogP contribution in [0.1, 0.15) is 5.56 Å². The Balaban J connectivity index is 1.73. The highest BCUT2D eigenvalue weighted by Crippen LogP contribution is 2.23. The molecule has 0 aliphatic carbocycles. The van der Waals surface area contributed by atoms with E-state index in [1.165, 1.54) is 0 Å². The van der Waals surface area contributed by atoms with Gasteiger partial charge in [-0.05, 0) is 30.2 Å². The van der Waals surface area contributed by atoms with E-state index in [0.29, 0.717) is 17.9 Å². The van der Waals surface area contributed by atoms with Crippen molar-refractivity contribution in [3.63, 3.8) is 0 Å². The van der Waals surface area contributed by atoms with Crippen LogP contribution in [0.2, 0.25) is 0 Å². The molecule has 0 bridgehead atoms. The van der Waals surface area contributed by atoms with Gasteiger partial charge in [-0.3, -0.25) is 4.79 Å². The summed E-state index contributed by atoms with van der Waals surface area (Å²) in [6.45, 7) is 0. The van der Waals surface area contributed by atoms with Crippen LogP contribution in [0.4, 0.5) is 5.69 Å². The fraction of sp³-hybridized carbons (Fsp3) is 0.167. The molecular formula is C18H19N3O2. The fourth-order valence-electron chi connectivity index (χ4n) is 2.60. The molecule has 0 saturated carbocycles. The highest BCUT2D eigenvalue weighted by Gasteiger charge is 2.17. The quantitative estimate of drug-likeness (QED) is 0.678. The lowest BCUT2D eigenvalue weighted by Gasteiger charge is -2.14. The van der Waals surface area contributed by atoms with E-state index in [-0.39, 0.29) is 5.91 Å². The first kappa shape index (κ1) is 15.1. The van der Waals surface area contributed by atoms with Crippen LogP contribution in [0.5, 0.6) is 5.75 Å². The summed E-state index contributed by atoms with van der Waals surface area (Å²) in [7, 11) is 1.57. The Morgan fingerprint density at radius 1 is 1.22 bits per heavy atom. The van der Waals surface area contributed by atoms with Gasteiger partial charge in [-0.25, -0.2) is 0 Å². The van der Waals surface area contributed by atoms with E-state index >= 15 is 0 Å². The van der Waals surface area contributed by atoms with Crippen LogP contribution in [0.15, 0.2) is 54.7 Å². The number of aromatic nitrogens is 1. The van der Waals surface area contributed by atoms with E-state index < -0.39 is 6.04 Å². The minimum atomic E-state index is -0.640. The second-order valence-corrected chi connectivity index (χ2v) is 5.36. The monoisotopic (exact) mass is 309 g/mol. The number of hydrogen-bond donors (Lipinski definition) is 3. The number of anilines is 1. The molecule has 2 aromatic carbocycles. The number of nitrogens with two attached hydrogens (primary N) is 1. The summed E-state index contributed by atoms with van der Waals surface area (Å²) in [6, 6.07) is 14.6. The number of carbonyl (C=O) groups excluding carboxylic acids is 1. The lowest BCUT2D eigenvalue weighted by Crippen LogP contribution is -2.37. The van der Waals surface area contributed by atoms with Crippen LogP contribution in [-0.4, -0.2) is 24.0 Å². The molecule has 1 atom stereocenters. The number of H-pyrrole nitrogens is 1. The van der Waals surface area contributed by atoms with Crippen molar-refractivity contribution in [3.8, 4) is 5.75 Å². The first-order valence-electron chi connectivity index (χ1n) is 7.43. The molecule has 1 heterocycles. The van der Waals surface area contributed by atoms with Gasteiger partial charge in [0.05, 0.1) is 18.8 Å². The summed E-state index contributed by atoms with van der Waals surface area (Å²) < 4.78 is 5.23. The summed E-state index contributed by atoms with van der Waals surface area (Å²) >= 11 is 0. The third-order valence-electron chi connectivity index (χ3n) is 3.82. The van der Waals surface area contributed by atoms with Gasteiger partial charge in [0.2, 0.25) is 5.91 Å². The number of aromatic amines is 1. The Labute approximate surface area is 134 Å². The Hall–Kier alpha value is -2.79. The van der Waals surface area contributed by atoms with E-state index in [0.717, 1.165) is 16.5 Å². The Morgan fingerprint density at radius 2 is 1.96 bits per heavy atom. The predicted octanol–water partition coefficient (Wildman–Crippen LogP) is 2.69. The molecule has 0 fully saturated rings. The summed E-state index contributed by atoms with van der Waals surface area (Å²) in [5.74, 6) is 0.375. The van der Waals surface area contributed by atoms with Gasteiger partial charge in [0.25, 0.3) is 0 Å². The van der Waals surface area contributed by atoms with Crippen LogP contribution in [0.25, 0.3) is 10.9 Å². The van der Waals surface area contributed by atoms with Crippen molar-refractivity contribution in [2.75, 3.05) is 12.4 Å². The number of nitrogens with one attached hydrogen (secondary N) is 2. The van der Waals surface area contributed by atoms with Gasteiger partial charge in [0, 0.05) is 17.1 Å². The smallest absolute Gasteiger partial charge is 0.241 e. The molecule has 3 aromatic rings. The van der Waals surface area contributed by atoms with Gasteiger partial charge in [0.1, 0.15) is 5.75 Å². The third-order valence-corrected chi connectivity index (χ3v) is 3.82. The van der Waals surface area contributed by atoms with Crippen molar-refractivity contribution in [3.05, 3.63) is 60.3 Å². The fourth-order valence-corrected chi connectivity index (χ4v) is 2.60. The average molecular weight is 309 g/mol. The first-order valence-corrected chi connectivity index (χ1v) is 7.43. The maximum Gasteiger partial charge on any atom is 0.241 e. The van der Waals surface area contributed by atoms with Gasteiger partial charge in [-0.15, -0.1) is 0 Å². The molecule has 4 N–H and O–H groups in total. The predicted molar refractivity (Wildman–Crippen MR) is 91.6 cm³/mol. The van der Waals surface area contributed by atoms with Gasteiger partial charge >= 0.3 is 0 Å². The SMILES string of the molecule is COc1ccccc1NC(=O)[C@@H](N)Cc1c[nH]c2ccccc12. The molecule has 5 nitrogen and oxygen atoms in total. The van der Waals surface area contributed by atoms with Crippen LogP contribution in [0, 0.1) is 0 Å². The van der Waals surface area contributed by atoms with E-state index in [1.807, 2.05) is 42.6 Å². The van der Waals surface area contributed by atoms with Crippen molar-refractivity contribution in [2.24, 2.45) is 5.73 Å². The Bertz CT molecular complexity index is 826. The molecule has 118 valence electrons. The van der Waals surface area contributed by atoms with Crippen LogP contribution in [0.3, 0.4) is 0 Å². The zero-order chi connectivity index (χ0) is 16.2. The number of para-hydroxylation sites is 3.